The SMILES string of the molecule is CC(C)(C)NC1CCC(N2CC3(COC3)C2)CC1. The summed E-state index contributed by atoms with van der Waals surface area (Å²) in [4.78, 5) is 2.70. The van der Waals surface area contributed by atoms with Gasteiger partial charge in [0.2, 0.25) is 0 Å². The van der Waals surface area contributed by atoms with Crippen molar-refractivity contribution in [3.8, 4) is 0 Å². The fraction of sp³-hybridized carbons (Fsp3) is 1.00. The second kappa shape index (κ2) is 4.46. The highest BCUT2D eigenvalue weighted by atomic mass is 16.5. The Kier molecular flexibility index (Phi) is 3.20. The van der Waals surface area contributed by atoms with Crippen molar-refractivity contribution < 1.29 is 4.74 Å². The third kappa shape index (κ3) is 2.59. The van der Waals surface area contributed by atoms with Gasteiger partial charge in [-0.25, -0.2) is 0 Å². The van der Waals surface area contributed by atoms with E-state index in [1.54, 1.807) is 0 Å². The van der Waals surface area contributed by atoms with Crippen molar-refractivity contribution in [2.45, 2.75) is 64.1 Å². The molecule has 0 bridgehead atoms. The highest BCUT2D eigenvalue weighted by molar-refractivity contribution is 5.02. The third-order valence-corrected chi connectivity index (χ3v) is 4.74. The lowest BCUT2D eigenvalue weighted by molar-refractivity contribution is -0.200. The fourth-order valence-corrected chi connectivity index (χ4v) is 3.84. The third-order valence-electron chi connectivity index (χ3n) is 4.74. The van der Waals surface area contributed by atoms with Gasteiger partial charge in [-0.1, -0.05) is 0 Å². The van der Waals surface area contributed by atoms with E-state index in [1.165, 1.54) is 38.8 Å². The highest BCUT2D eigenvalue weighted by Crippen LogP contribution is 2.41. The van der Waals surface area contributed by atoms with Crippen molar-refractivity contribution in [1.82, 2.24) is 10.2 Å². The van der Waals surface area contributed by atoms with E-state index in [1.807, 2.05) is 0 Å². The molecule has 0 aromatic rings. The molecule has 104 valence electrons. The molecular weight excluding hydrogens is 224 g/mol. The Morgan fingerprint density at radius 1 is 1.06 bits per heavy atom. The Balaban J connectivity index is 1.41. The molecule has 3 nitrogen and oxygen atoms in total. The maximum Gasteiger partial charge on any atom is 0.0569 e. The van der Waals surface area contributed by atoms with Crippen molar-refractivity contribution in [3.63, 3.8) is 0 Å². The molecule has 1 N–H and O–H groups in total. The first-order valence-electron chi connectivity index (χ1n) is 7.55. The van der Waals surface area contributed by atoms with Gasteiger partial charge in [-0.2, -0.15) is 0 Å². The Hall–Kier alpha value is -0.120. The zero-order valence-electron chi connectivity index (χ0n) is 12.2. The number of hydrogen-bond donors (Lipinski definition) is 1. The second-order valence-electron chi connectivity index (χ2n) is 7.80. The van der Waals surface area contributed by atoms with Crippen LogP contribution in [0.3, 0.4) is 0 Å². The van der Waals surface area contributed by atoms with Crippen molar-refractivity contribution in [3.05, 3.63) is 0 Å². The predicted octanol–water partition coefficient (Wildman–Crippen LogP) is 2.02. The smallest absolute Gasteiger partial charge is 0.0569 e. The van der Waals surface area contributed by atoms with Gasteiger partial charge in [0, 0.05) is 36.1 Å². The zero-order valence-corrected chi connectivity index (χ0v) is 12.2. The van der Waals surface area contributed by atoms with Crippen LogP contribution in [0.1, 0.15) is 46.5 Å². The lowest BCUT2D eigenvalue weighted by atomic mass is 9.75. The van der Waals surface area contributed by atoms with Crippen LogP contribution in [0.2, 0.25) is 0 Å². The van der Waals surface area contributed by atoms with Crippen LogP contribution in [0, 0.1) is 5.41 Å². The van der Waals surface area contributed by atoms with Gasteiger partial charge in [-0.15, -0.1) is 0 Å². The minimum absolute atomic E-state index is 0.265. The van der Waals surface area contributed by atoms with E-state index in [9.17, 15) is 0 Å². The summed E-state index contributed by atoms with van der Waals surface area (Å²) in [5, 5.41) is 3.75. The molecule has 3 aliphatic rings. The van der Waals surface area contributed by atoms with Crippen LogP contribution >= 0.6 is 0 Å². The summed E-state index contributed by atoms with van der Waals surface area (Å²) in [7, 11) is 0. The molecule has 3 heteroatoms. The maximum absolute atomic E-state index is 5.35. The fourth-order valence-electron chi connectivity index (χ4n) is 3.84. The number of likely N-dealkylation sites (tertiary alicyclic amines) is 1. The molecule has 2 saturated heterocycles. The second-order valence-corrected chi connectivity index (χ2v) is 7.80. The normalized spacial score (nSPS) is 36.2. The standard InChI is InChI=1S/C15H28N2O/c1-14(2,3)16-12-4-6-13(7-5-12)17-8-15(9-17)10-18-11-15/h12-13,16H,4-11H2,1-3H3. The van der Waals surface area contributed by atoms with Gasteiger partial charge in [0.15, 0.2) is 0 Å². The lowest BCUT2D eigenvalue weighted by Crippen LogP contribution is -2.68. The van der Waals surface area contributed by atoms with E-state index in [0.29, 0.717) is 5.41 Å². The summed E-state index contributed by atoms with van der Waals surface area (Å²) >= 11 is 0. The van der Waals surface area contributed by atoms with Crippen LogP contribution in [0.4, 0.5) is 0 Å². The average Bonchev–Trinajstić information content (AvgIpc) is 2.13. The molecule has 1 saturated carbocycles. The minimum Gasteiger partial charge on any atom is -0.380 e. The summed E-state index contributed by atoms with van der Waals surface area (Å²) in [6.07, 6.45) is 5.46. The van der Waals surface area contributed by atoms with Gasteiger partial charge < -0.3 is 10.1 Å². The Labute approximate surface area is 111 Å². The Morgan fingerprint density at radius 3 is 2.11 bits per heavy atom. The summed E-state index contributed by atoms with van der Waals surface area (Å²) in [6, 6.07) is 1.60. The molecule has 0 radical (unpaired) electrons. The van der Waals surface area contributed by atoms with Crippen molar-refractivity contribution in [2.75, 3.05) is 26.3 Å². The number of rotatable bonds is 2. The molecule has 2 aliphatic heterocycles. The zero-order chi connectivity index (χ0) is 12.8. The van der Waals surface area contributed by atoms with E-state index in [2.05, 4.69) is 31.0 Å². The van der Waals surface area contributed by atoms with E-state index in [0.717, 1.165) is 25.3 Å². The summed E-state index contributed by atoms with van der Waals surface area (Å²) in [5.74, 6) is 0. The first-order valence-corrected chi connectivity index (χ1v) is 7.55. The molecule has 1 spiro atoms. The molecule has 0 atom stereocenters. The van der Waals surface area contributed by atoms with Crippen LogP contribution < -0.4 is 5.32 Å². The molecule has 0 aromatic heterocycles. The van der Waals surface area contributed by atoms with Crippen molar-refractivity contribution in [2.24, 2.45) is 5.41 Å². The number of ether oxygens (including phenoxy) is 1. The molecule has 3 rings (SSSR count). The summed E-state index contributed by atoms with van der Waals surface area (Å²) < 4.78 is 5.35. The Morgan fingerprint density at radius 2 is 1.67 bits per heavy atom. The van der Waals surface area contributed by atoms with Gasteiger partial charge in [0.25, 0.3) is 0 Å². The number of nitrogens with zero attached hydrogens (tertiary/aromatic N) is 1. The average molecular weight is 252 g/mol. The maximum atomic E-state index is 5.35. The van der Waals surface area contributed by atoms with Crippen LogP contribution in [0.25, 0.3) is 0 Å². The molecule has 0 amide bonds. The first kappa shape index (κ1) is 12.9. The van der Waals surface area contributed by atoms with Crippen molar-refractivity contribution in [1.29, 1.82) is 0 Å². The predicted molar refractivity (Wildman–Crippen MR) is 73.8 cm³/mol. The first-order chi connectivity index (χ1) is 8.46. The van der Waals surface area contributed by atoms with Gasteiger partial charge in [-0.05, 0) is 46.5 Å². The van der Waals surface area contributed by atoms with E-state index in [-0.39, 0.29) is 5.54 Å². The molecule has 0 unspecified atom stereocenters. The van der Waals surface area contributed by atoms with Crippen LogP contribution in [-0.4, -0.2) is 48.8 Å². The molecule has 3 fully saturated rings. The van der Waals surface area contributed by atoms with Crippen LogP contribution in [0.15, 0.2) is 0 Å². The van der Waals surface area contributed by atoms with E-state index >= 15 is 0 Å². The van der Waals surface area contributed by atoms with Gasteiger partial charge in [0.1, 0.15) is 0 Å². The monoisotopic (exact) mass is 252 g/mol. The minimum atomic E-state index is 0.265. The van der Waals surface area contributed by atoms with E-state index < -0.39 is 0 Å². The van der Waals surface area contributed by atoms with Crippen molar-refractivity contribution >= 4 is 0 Å². The highest BCUT2D eigenvalue weighted by Gasteiger charge is 2.50. The summed E-state index contributed by atoms with van der Waals surface area (Å²) in [5.41, 5.74) is 0.849. The summed E-state index contributed by atoms with van der Waals surface area (Å²) in [6.45, 7) is 11.5. The number of hydrogen-bond acceptors (Lipinski definition) is 3. The molecule has 1 aliphatic carbocycles. The van der Waals surface area contributed by atoms with E-state index in [4.69, 9.17) is 4.74 Å². The van der Waals surface area contributed by atoms with Gasteiger partial charge in [0.05, 0.1) is 13.2 Å². The van der Waals surface area contributed by atoms with Gasteiger partial charge >= 0.3 is 0 Å². The lowest BCUT2D eigenvalue weighted by Gasteiger charge is -2.58. The molecule has 18 heavy (non-hydrogen) atoms. The largest absolute Gasteiger partial charge is 0.380 e. The van der Waals surface area contributed by atoms with Gasteiger partial charge in [-0.3, -0.25) is 4.90 Å². The molecular formula is C15H28N2O. The molecule has 0 aromatic carbocycles. The molecule has 2 heterocycles. The quantitative estimate of drug-likeness (QED) is 0.814. The Bertz CT molecular complexity index is 290. The van der Waals surface area contributed by atoms with Crippen LogP contribution in [-0.2, 0) is 4.74 Å². The van der Waals surface area contributed by atoms with Crippen LogP contribution in [0.5, 0.6) is 0 Å². The number of nitrogens with one attached hydrogen (secondary N) is 1. The topological polar surface area (TPSA) is 24.5 Å².